The van der Waals surface area contributed by atoms with Crippen molar-refractivity contribution in [1.82, 2.24) is 5.16 Å². The predicted molar refractivity (Wildman–Crippen MR) is 67.7 cm³/mol. The fraction of sp³-hybridized carbons (Fsp3) is 0.0909. The van der Waals surface area contributed by atoms with E-state index in [0.717, 1.165) is 4.47 Å². The molecule has 88 valence electrons. The second kappa shape index (κ2) is 4.58. The maximum Gasteiger partial charge on any atom is 0.277 e. The largest absolute Gasteiger partial charge is 0.398 e. The van der Waals surface area contributed by atoms with Crippen LogP contribution in [-0.4, -0.2) is 11.1 Å². The van der Waals surface area contributed by atoms with E-state index in [2.05, 4.69) is 26.4 Å². The zero-order valence-corrected chi connectivity index (χ0v) is 10.6. The number of halogens is 1. The fourth-order valence-corrected chi connectivity index (χ4v) is 1.65. The second-order valence-electron chi connectivity index (χ2n) is 3.51. The Kier molecular flexibility index (Phi) is 3.14. The van der Waals surface area contributed by atoms with Crippen molar-refractivity contribution in [1.29, 1.82) is 0 Å². The van der Waals surface area contributed by atoms with Gasteiger partial charge in [0.1, 0.15) is 5.76 Å². The summed E-state index contributed by atoms with van der Waals surface area (Å²) < 4.78 is 5.55. The number of nitrogens with two attached hydrogens (primary N) is 1. The third kappa shape index (κ3) is 2.65. The third-order valence-electron chi connectivity index (χ3n) is 2.12. The van der Waals surface area contributed by atoms with Crippen LogP contribution in [0.3, 0.4) is 0 Å². The minimum absolute atomic E-state index is 0.246. The molecule has 6 heteroatoms. The molecule has 1 aromatic heterocycles. The van der Waals surface area contributed by atoms with Crippen molar-refractivity contribution in [2.75, 3.05) is 11.1 Å². The molecule has 0 aliphatic rings. The van der Waals surface area contributed by atoms with E-state index in [0.29, 0.717) is 17.1 Å². The van der Waals surface area contributed by atoms with Gasteiger partial charge in [-0.05, 0) is 41.1 Å². The first-order chi connectivity index (χ1) is 8.06. The molecule has 0 aliphatic carbocycles. The van der Waals surface area contributed by atoms with Crippen LogP contribution >= 0.6 is 15.9 Å². The van der Waals surface area contributed by atoms with Gasteiger partial charge >= 0.3 is 0 Å². The van der Waals surface area contributed by atoms with Crippen molar-refractivity contribution in [2.45, 2.75) is 6.92 Å². The van der Waals surface area contributed by atoms with E-state index in [1.54, 1.807) is 31.2 Å². The summed E-state index contributed by atoms with van der Waals surface area (Å²) in [5, 5.41) is 6.32. The van der Waals surface area contributed by atoms with Crippen LogP contribution in [0.1, 0.15) is 16.2 Å². The summed E-state index contributed by atoms with van der Waals surface area (Å²) in [6.45, 7) is 1.73. The lowest BCUT2D eigenvalue weighted by Gasteiger charge is -2.04. The number of hydrogen-bond acceptors (Lipinski definition) is 4. The lowest BCUT2D eigenvalue weighted by molar-refractivity contribution is 0.101. The molecule has 0 fully saturated rings. The Bertz CT molecular complexity index is 566. The van der Waals surface area contributed by atoms with Crippen molar-refractivity contribution in [3.8, 4) is 0 Å². The molecule has 0 saturated heterocycles. The highest BCUT2D eigenvalue weighted by Crippen LogP contribution is 2.23. The molecular weight excluding hydrogens is 286 g/mol. The predicted octanol–water partition coefficient (Wildman–Crippen LogP) is 2.58. The Hall–Kier alpha value is -1.82. The molecule has 2 aromatic rings. The van der Waals surface area contributed by atoms with Crippen LogP contribution in [-0.2, 0) is 0 Å². The van der Waals surface area contributed by atoms with Crippen molar-refractivity contribution in [3.63, 3.8) is 0 Å². The average Bonchev–Trinajstić information content (AvgIpc) is 2.70. The van der Waals surface area contributed by atoms with Crippen LogP contribution in [0.15, 0.2) is 33.3 Å². The van der Waals surface area contributed by atoms with Crippen molar-refractivity contribution >= 4 is 33.2 Å². The SMILES string of the molecule is Cc1cc(C(=O)Nc2ccc(N)c(Br)c2)no1. The molecule has 0 spiro atoms. The number of anilines is 2. The molecule has 0 saturated carbocycles. The normalized spacial score (nSPS) is 10.2. The summed E-state index contributed by atoms with van der Waals surface area (Å²) in [6, 6.07) is 6.71. The van der Waals surface area contributed by atoms with Crippen LogP contribution in [0.4, 0.5) is 11.4 Å². The molecule has 0 atom stereocenters. The molecule has 17 heavy (non-hydrogen) atoms. The molecule has 0 aliphatic heterocycles. The number of hydrogen-bond donors (Lipinski definition) is 2. The number of benzene rings is 1. The smallest absolute Gasteiger partial charge is 0.277 e. The Morgan fingerprint density at radius 2 is 2.24 bits per heavy atom. The maximum atomic E-state index is 11.7. The minimum Gasteiger partial charge on any atom is -0.398 e. The van der Waals surface area contributed by atoms with Gasteiger partial charge in [-0.2, -0.15) is 0 Å². The first-order valence-electron chi connectivity index (χ1n) is 4.86. The Morgan fingerprint density at radius 3 is 2.82 bits per heavy atom. The van der Waals surface area contributed by atoms with Gasteiger partial charge in [0.2, 0.25) is 0 Å². The topological polar surface area (TPSA) is 81.2 Å². The Morgan fingerprint density at radius 1 is 1.47 bits per heavy atom. The highest BCUT2D eigenvalue weighted by Gasteiger charge is 2.11. The summed E-state index contributed by atoms with van der Waals surface area (Å²) in [4.78, 5) is 11.7. The Balaban J connectivity index is 2.15. The van der Waals surface area contributed by atoms with Crippen LogP contribution < -0.4 is 11.1 Å². The Labute approximate surface area is 106 Å². The third-order valence-corrected chi connectivity index (χ3v) is 2.81. The highest BCUT2D eigenvalue weighted by atomic mass is 79.9. The molecule has 0 radical (unpaired) electrons. The van der Waals surface area contributed by atoms with Crippen LogP contribution in [0.5, 0.6) is 0 Å². The number of amides is 1. The van der Waals surface area contributed by atoms with Gasteiger partial charge < -0.3 is 15.6 Å². The van der Waals surface area contributed by atoms with E-state index in [1.165, 1.54) is 0 Å². The monoisotopic (exact) mass is 295 g/mol. The quantitative estimate of drug-likeness (QED) is 0.835. The van der Waals surface area contributed by atoms with Crippen LogP contribution in [0.2, 0.25) is 0 Å². The van der Waals surface area contributed by atoms with Gasteiger partial charge in [0.25, 0.3) is 5.91 Å². The van der Waals surface area contributed by atoms with E-state index >= 15 is 0 Å². The van der Waals surface area contributed by atoms with Gasteiger partial charge in [0.05, 0.1) is 0 Å². The lowest BCUT2D eigenvalue weighted by Crippen LogP contribution is -2.12. The van der Waals surface area contributed by atoms with E-state index in [4.69, 9.17) is 10.3 Å². The summed E-state index contributed by atoms with van der Waals surface area (Å²) in [5.74, 6) is 0.271. The number of nitrogens with one attached hydrogen (secondary N) is 1. The van der Waals surface area contributed by atoms with Gasteiger partial charge in [0.15, 0.2) is 5.69 Å². The van der Waals surface area contributed by atoms with Crippen LogP contribution in [0.25, 0.3) is 0 Å². The molecule has 2 rings (SSSR count). The zero-order chi connectivity index (χ0) is 12.4. The number of nitrogen functional groups attached to an aromatic ring is 1. The highest BCUT2D eigenvalue weighted by molar-refractivity contribution is 9.10. The van der Waals surface area contributed by atoms with Gasteiger partial charge in [-0.1, -0.05) is 5.16 Å². The molecule has 3 N–H and O–H groups in total. The number of aromatic nitrogens is 1. The number of carbonyl (C=O) groups excluding carboxylic acids is 1. The molecule has 1 heterocycles. The van der Waals surface area contributed by atoms with Crippen molar-refractivity contribution < 1.29 is 9.32 Å². The fourth-order valence-electron chi connectivity index (χ4n) is 1.27. The van der Waals surface area contributed by atoms with E-state index in [9.17, 15) is 4.79 Å². The summed E-state index contributed by atoms with van der Waals surface area (Å²) >= 11 is 3.29. The van der Waals surface area contributed by atoms with Gasteiger partial charge in [-0.15, -0.1) is 0 Å². The summed E-state index contributed by atoms with van der Waals surface area (Å²) in [5.41, 5.74) is 7.14. The molecule has 1 amide bonds. The standard InChI is InChI=1S/C11H10BrN3O2/c1-6-4-10(15-17-6)11(16)14-7-2-3-9(13)8(12)5-7/h2-5H,13H2,1H3,(H,14,16). The zero-order valence-electron chi connectivity index (χ0n) is 9.03. The van der Waals surface area contributed by atoms with E-state index < -0.39 is 0 Å². The maximum absolute atomic E-state index is 11.7. The minimum atomic E-state index is -0.321. The van der Waals surface area contributed by atoms with E-state index in [-0.39, 0.29) is 11.6 Å². The van der Waals surface area contributed by atoms with Crippen molar-refractivity contribution in [2.24, 2.45) is 0 Å². The molecule has 0 bridgehead atoms. The second-order valence-corrected chi connectivity index (χ2v) is 4.37. The number of rotatable bonds is 2. The summed E-state index contributed by atoms with van der Waals surface area (Å²) in [7, 11) is 0. The first-order valence-corrected chi connectivity index (χ1v) is 5.65. The van der Waals surface area contributed by atoms with Crippen LogP contribution in [0, 0.1) is 6.92 Å². The van der Waals surface area contributed by atoms with Crippen molar-refractivity contribution in [3.05, 3.63) is 40.2 Å². The summed E-state index contributed by atoms with van der Waals surface area (Å²) in [6.07, 6.45) is 0. The van der Waals surface area contributed by atoms with Gasteiger partial charge in [-0.25, -0.2) is 0 Å². The van der Waals surface area contributed by atoms with Gasteiger partial charge in [0, 0.05) is 21.9 Å². The number of nitrogens with zero attached hydrogens (tertiary/aromatic N) is 1. The lowest BCUT2D eigenvalue weighted by atomic mass is 10.2. The van der Waals surface area contributed by atoms with E-state index in [1.807, 2.05) is 0 Å². The average molecular weight is 296 g/mol. The molecule has 0 unspecified atom stereocenters. The molecular formula is C11H10BrN3O2. The number of aryl methyl sites for hydroxylation is 1. The number of carbonyl (C=O) groups is 1. The van der Waals surface area contributed by atoms with Gasteiger partial charge in [-0.3, -0.25) is 4.79 Å². The molecule has 1 aromatic carbocycles. The molecule has 5 nitrogen and oxygen atoms in total. The first kappa shape index (κ1) is 11.7.